The Morgan fingerprint density at radius 1 is 0.459 bits per heavy atom. The maximum atomic E-state index is 5.64. The highest BCUT2D eigenvalue weighted by molar-refractivity contribution is 5.98. The molecular weight excluding hydrogens is 747 g/mol. The average Bonchev–Trinajstić information content (AvgIpc) is 3.22. The van der Waals surface area contributed by atoms with Crippen LogP contribution in [0.2, 0.25) is 0 Å². The monoisotopic (exact) mass is 809 g/mol. The van der Waals surface area contributed by atoms with E-state index in [0.29, 0.717) is 13.2 Å². The molecule has 0 fully saturated rings. The minimum atomic E-state index is -0.0320. The van der Waals surface area contributed by atoms with Gasteiger partial charge in [-0.05, 0) is 148 Å². The van der Waals surface area contributed by atoms with Crippen molar-refractivity contribution in [1.82, 2.24) is 0 Å². The molecular formula is C56H63N3O2. The molecule has 0 aliphatic heterocycles. The Morgan fingerprint density at radius 3 is 1.26 bits per heavy atom. The van der Waals surface area contributed by atoms with Crippen LogP contribution >= 0.6 is 0 Å². The molecule has 5 nitrogen and oxygen atoms in total. The minimum absolute atomic E-state index is 0.0320. The van der Waals surface area contributed by atoms with Gasteiger partial charge in [-0.2, -0.15) is 0 Å². The Kier molecular flexibility index (Phi) is 13.3. The van der Waals surface area contributed by atoms with E-state index in [0.717, 1.165) is 30.2 Å². The van der Waals surface area contributed by atoms with Crippen LogP contribution in [0.5, 0.6) is 0 Å². The van der Waals surface area contributed by atoms with Crippen LogP contribution in [0.15, 0.2) is 121 Å². The summed E-state index contributed by atoms with van der Waals surface area (Å²) < 4.78 is 11.3. The Balaban J connectivity index is 1.36. The van der Waals surface area contributed by atoms with Crippen molar-refractivity contribution in [1.29, 1.82) is 0 Å². The van der Waals surface area contributed by atoms with Gasteiger partial charge in [-0.3, -0.25) is 0 Å². The number of benzene rings is 7. The quantitative estimate of drug-likeness (QED) is 0.104. The SMILES string of the molecule is COCCN(c1ccc(C(c2ccc(N(CCOC)c3c(C)cc(C)cc3C)cc2)c2ccc(Nc3c(C)cc(C)cc3C)c3ccccc23)cc1)c1c(C)cc(C)cc1C. The van der Waals surface area contributed by atoms with Crippen LogP contribution in [-0.2, 0) is 9.47 Å². The summed E-state index contributed by atoms with van der Waals surface area (Å²) in [6.45, 7) is 22.5. The van der Waals surface area contributed by atoms with E-state index in [1.807, 2.05) is 0 Å². The Hall–Kier alpha value is -5.88. The molecule has 0 heterocycles. The van der Waals surface area contributed by atoms with E-state index in [9.17, 15) is 0 Å². The zero-order chi connectivity index (χ0) is 43.4. The molecule has 0 saturated heterocycles. The van der Waals surface area contributed by atoms with E-state index >= 15 is 0 Å². The van der Waals surface area contributed by atoms with Crippen LogP contribution in [0.4, 0.5) is 34.1 Å². The molecule has 5 heteroatoms. The van der Waals surface area contributed by atoms with Crippen LogP contribution < -0.4 is 15.1 Å². The molecule has 0 bridgehead atoms. The topological polar surface area (TPSA) is 37.0 Å². The predicted octanol–water partition coefficient (Wildman–Crippen LogP) is 14.1. The molecule has 7 rings (SSSR count). The highest BCUT2D eigenvalue weighted by atomic mass is 16.5. The average molecular weight is 810 g/mol. The summed E-state index contributed by atoms with van der Waals surface area (Å²) in [5.74, 6) is -0.0320. The highest BCUT2D eigenvalue weighted by Crippen LogP contribution is 2.42. The van der Waals surface area contributed by atoms with Crippen LogP contribution in [-0.4, -0.2) is 40.5 Å². The van der Waals surface area contributed by atoms with Gasteiger partial charge in [-0.1, -0.05) is 108 Å². The van der Waals surface area contributed by atoms with Gasteiger partial charge in [0.1, 0.15) is 0 Å². The number of nitrogens with one attached hydrogen (secondary N) is 1. The number of hydrogen-bond donors (Lipinski definition) is 1. The van der Waals surface area contributed by atoms with E-state index < -0.39 is 0 Å². The molecule has 0 aliphatic rings. The number of rotatable bonds is 15. The van der Waals surface area contributed by atoms with Crippen LogP contribution in [0.1, 0.15) is 72.7 Å². The van der Waals surface area contributed by atoms with Crippen molar-refractivity contribution < 1.29 is 9.47 Å². The maximum Gasteiger partial charge on any atom is 0.0642 e. The van der Waals surface area contributed by atoms with Gasteiger partial charge in [0.15, 0.2) is 0 Å². The first-order valence-corrected chi connectivity index (χ1v) is 21.6. The third-order valence-corrected chi connectivity index (χ3v) is 12.1. The molecule has 0 atom stereocenters. The van der Waals surface area contributed by atoms with Gasteiger partial charge in [0.25, 0.3) is 0 Å². The summed E-state index contributed by atoms with van der Waals surface area (Å²) in [6, 6.07) is 45.6. The van der Waals surface area contributed by atoms with Crippen LogP contribution in [0.25, 0.3) is 10.8 Å². The number of fused-ring (bicyclic) bond motifs is 1. The van der Waals surface area contributed by atoms with Gasteiger partial charge < -0.3 is 24.6 Å². The van der Waals surface area contributed by atoms with E-state index in [2.05, 4.69) is 199 Å². The van der Waals surface area contributed by atoms with Crippen molar-refractivity contribution in [2.45, 2.75) is 68.2 Å². The van der Waals surface area contributed by atoms with Gasteiger partial charge >= 0.3 is 0 Å². The lowest BCUT2D eigenvalue weighted by molar-refractivity contribution is 0.207. The second kappa shape index (κ2) is 18.8. The van der Waals surface area contributed by atoms with Crippen molar-refractivity contribution in [2.75, 3.05) is 55.6 Å². The fourth-order valence-corrected chi connectivity index (χ4v) is 9.74. The second-order valence-electron chi connectivity index (χ2n) is 17.0. The lowest BCUT2D eigenvalue weighted by Crippen LogP contribution is -2.24. The van der Waals surface area contributed by atoms with Crippen LogP contribution in [0, 0.1) is 62.3 Å². The molecule has 7 aromatic rings. The standard InChI is InChI=1S/C56H63N3O2/c1-36-30-39(4)54(40(5)31-36)57-52-25-24-51(49-14-12-13-15-50(49)52)53(45-16-20-47(21-17-45)58(26-28-60-10)55-41(6)32-37(2)33-42(55)7)46-18-22-48(23-19-46)59(27-29-61-11)56-43(8)34-38(3)35-44(56)9/h12-25,30-35,53,57H,26-29H2,1-11H3. The Bertz CT molecular complexity index is 2460. The molecule has 0 aromatic heterocycles. The number of anilines is 6. The molecule has 0 unspecified atom stereocenters. The third-order valence-electron chi connectivity index (χ3n) is 12.1. The minimum Gasteiger partial charge on any atom is -0.383 e. The molecule has 0 amide bonds. The second-order valence-corrected chi connectivity index (χ2v) is 17.0. The smallest absolute Gasteiger partial charge is 0.0642 e. The van der Waals surface area contributed by atoms with Gasteiger partial charge in [-0.25, -0.2) is 0 Å². The number of aryl methyl sites for hydroxylation is 9. The normalized spacial score (nSPS) is 11.4. The van der Waals surface area contributed by atoms with E-state index in [4.69, 9.17) is 9.47 Å². The van der Waals surface area contributed by atoms with Gasteiger partial charge in [0.2, 0.25) is 0 Å². The molecule has 61 heavy (non-hydrogen) atoms. The summed E-state index contributed by atoms with van der Waals surface area (Å²) in [7, 11) is 3.56. The van der Waals surface area contributed by atoms with Crippen molar-refractivity contribution in [3.63, 3.8) is 0 Å². The largest absolute Gasteiger partial charge is 0.383 e. The molecule has 0 spiro atoms. The van der Waals surface area contributed by atoms with Gasteiger partial charge in [0, 0.05) is 72.7 Å². The molecule has 314 valence electrons. The summed E-state index contributed by atoms with van der Waals surface area (Å²) in [6.07, 6.45) is 0. The summed E-state index contributed by atoms with van der Waals surface area (Å²) >= 11 is 0. The lowest BCUT2D eigenvalue weighted by atomic mass is 9.82. The van der Waals surface area contributed by atoms with Crippen molar-refractivity contribution in [2.24, 2.45) is 0 Å². The van der Waals surface area contributed by atoms with Gasteiger partial charge in [-0.15, -0.1) is 0 Å². The number of hydrogen-bond acceptors (Lipinski definition) is 5. The predicted molar refractivity (Wildman–Crippen MR) is 261 cm³/mol. The van der Waals surface area contributed by atoms with Crippen molar-refractivity contribution in [3.8, 4) is 0 Å². The number of methoxy groups -OCH3 is 2. The molecule has 0 saturated carbocycles. The first-order chi connectivity index (χ1) is 29.4. The van der Waals surface area contributed by atoms with E-state index in [1.54, 1.807) is 14.2 Å². The van der Waals surface area contributed by atoms with Crippen molar-refractivity contribution >= 4 is 44.9 Å². The van der Waals surface area contributed by atoms with Crippen LogP contribution in [0.3, 0.4) is 0 Å². The fourth-order valence-electron chi connectivity index (χ4n) is 9.74. The molecule has 0 radical (unpaired) electrons. The molecule has 0 aliphatic carbocycles. The zero-order valence-corrected chi connectivity index (χ0v) is 38.2. The molecule has 7 aromatic carbocycles. The Morgan fingerprint density at radius 2 is 0.852 bits per heavy atom. The fraction of sp³-hybridized carbons (Fsp3) is 0.286. The summed E-state index contributed by atoms with van der Waals surface area (Å²) in [4.78, 5) is 4.82. The first-order valence-electron chi connectivity index (χ1n) is 21.6. The summed E-state index contributed by atoms with van der Waals surface area (Å²) in [5.41, 5.74) is 22.2. The summed E-state index contributed by atoms with van der Waals surface area (Å²) in [5, 5.41) is 6.28. The maximum absolute atomic E-state index is 5.64. The number of ether oxygens (including phenoxy) is 2. The van der Waals surface area contributed by atoms with Gasteiger partial charge in [0.05, 0.1) is 13.2 Å². The highest BCUT2D eigenvalue weighted by Gasteiger charge is 2.23. The third kappa shape index (κ3) is 9.24. The lowest BCUT2D eigenvalue weighted by Gasteiger charge is -2.30. The first kappa shape index (κ1) is 43.2. The van der Waals surface area contributed by atoms with E-state index in [-0.39, 0.29) is 5.92 Å². The number of nitrogens with zero attached hydrogens (tertiary/aromatic N) is 2. The Labute approximate surface area is 365 Å². The molecule has 1 N–H and O–H groups in total. The zero-order valence-electron chi connectivity index (χ0n) is 38.2. The van der Waals surface area contributed by atoms with Crippen molar-refractivity contribution in [3.05, 3.63) is 188 Å². The van der Waals surface area contributed by atoms with E-state index in [1.165, 1.54) is 94.6 Å².